The van der Waals surface area contributed by atoms with Gasteiger partial charge < -0.3 is 20.3 Å². The molecule has 1 amide bonds. The van der Waals surface area contributed by atoms with Gasteiger partial charge in [-0.05, 0) is 19.8 Å². The van der Waals surface area contributed by atoms with Gasteiger partial charge in [0, 0.05) is 25.4 Å². The Morgan fingerprint density at radius 1 is 1.45 bits per heavy atom. The summed E-state index contributed by atoms with van der Waals surface area (Å²) in [5, 5.41) is 0. The van der Waals surface area contributed by atoms with E-state index in [2.05, 4.69) is 9.97 Å². The molecule has 7 heteroatoms. The summed E-state index contributed by atoms with van der Waals surface area (Å²) in [7, 11) is 1.76. The Balaban J connectivity index is 1.81. The molecule has 1 unspecified atom stereocenters. The molecule has 108 valence electrons. The lowest BCUT2D eigenvalue weighted by Crippen LogP contribution is -2.51. The van der Waals surface area contributed by atoms with Gasteiger partial charge in [-0.25, -0.2) is 9.78 Å². The van der Waals surface area contributed by atoms with Gasteiger partial charge in [0.15, 0.2) is 0 Å². The maximum atomic E-state index is 11.6. The molecule has 7 nitrogen and oxygen atoms in total. The highest BCUT2D eigenvalue weighted by atomic mass is 16.6. The molecule has 2 fully saturated rings. The summed E-state index contributed by atoms with van der Waals surface area (Å²) in [6.45, 7) is 3.96. The minimum atomic E-state index is -0.437. The van der Waals surface area contributed by atoms with E-state index in [1.54, 1.807) is 18.1 Å². The van der Waals surface area contributed by atoms with Crippen LogP contribution in [0.15, 0.2) is 6.20 Å². The fourth-order valence-corrected chi connectivity index (χ4v) is 2.87. The number of carbonyl (C=O) groups excluding carboxylic acids is 1. The van der Waals surface area contributed by atoms with E-state index in [-0.39, 0.29) is 6.09 Å². The standard InChI is InChI=1S/C13H19N5O2/c1-9-6-15-11(16-10(9)14)18-5-3-4-13(8-18)7-17(2)12(19)20-13/h6H,3-5,7-8H2,1-2H3,(H2,14,15,16). The molecule has 1 aromatic heterocycles. The highest BCUT2D eigenvalue weighted by Gasteiger charge is 2.46. The first-order valence-corrected chi connectivity index (χ1v) is 6.77. The minimum Gasteiger partial charge on any atom is -0.439 e. The maximum Gasteiger partial charge on any atom is 0.410 e. The molecule has 0 bridgehead atoms. The molecule has 0 radical (unpaired) electrons. The fraction of sp³-hybridized carbons (Fsp3) is 0.615. The van der Waals surface area contributed by atoms with Crippen LogP contribution in [0.5, 0.6) is 0 Å². The van der Waals surface area contributed by atoms with Crippen LogP contribution in [-0.4, -0.2) is 53.2 Å². The first-order valence-electron chi connectivity index (χ1n) is 6.77. The molecule has 2 saturated heterocycles. The monoisotopic (exact) mass is 277 g/mol. The molecule has 1 atom stereocenters. The zero-order valence-electron chi connectivity index (χ0n) is 11.8. The molecule has 2 N–H and O–H groups in total. The molecule has 2 aliphatic rings. The van der Waals surface area contributed by atoms with E-state index in [4.69, 9.17) is 10.5 Å². The number of nitrogens with zero attached hydrogens (tertiary/aromatic N) is 4. The summed E-state index contributed by atoms with van der Waals surface area (Å²) in [4.78, 5) is 24.0. The Hall–Kier alpha value is -2.05. The van der Waals surface area contributed by atoms with Gasteiger partial charge in [-0.2, -0.15) is 4.98 Å². The Morgan fingerprint density at radius 2 is 2.25 bits per heavy atom. The van der Waals surface area contributed by atoms with Crippen LogP contribution in [0.2, 0.25) is 0 Å². The van der Waals surface area contributed by atoms with Crippen molar-refractivity contribution >= 4 is 17.9 Å². The largest absolute Gasteiger partial charge is 0.439 e. The Morgan fingerprint density at radius 3 is 2.90 bits per heavy atom. The van der Waals surface area contributed by atoms with Crippen LogP contribution < -0.4 is 10.6 Å². The van der Waals surface area contributed by atoms with Crippen LogP contribution in [0.4, 0.5) is 16.6 Å². The highest BCUT2D eigenvalue weighted by molar-refractivity contribution is 5.70. The second-order valence-corrected chi connectivity index (χ2v) is 5.67. The van der Waals surface area contributed by atoms with Gasteiger partial charge in [0.1, 0.15) is 11.4 Å². The van der Waals surface area contributed by atoms with E-state index in [0.29, 0.717) is 24.9 Å². The quantitative estimate of drug-likeness (QED) is 0.817. The zero-order chi connectivity index (χ0) is 14.3. The number of rotatable bonds is 1. The number of anilines is 2. The van der Waals surface area contributed by atoms with E-state index in [9.17, 15) is 4.79 Å². The Bertz CT molecular complexity index is 550. The number of nitrogen functional groups attached to an aromatic ring is 1. The molecule has 2 aliphatic heterocycles. The molecule has 0 aromatic carbocycles. The van der Waals surface area contributed by atoms with Gasteiger partial charge in [-0.15, -0.1) is 0 Å². The molecule has 1 aromatic rings. The summed E-state index contributed by atoms with van der Waals surface area (Å²) in [6, 6.07) is 0. The molecule has 1 spiro atoms. The van der Waals surface area contributed by atoms with Gasteiger partial charge in [-0.1, -0.05) is 0 Å². The van der Waals surface area contributed by atoms with Crippen molar-refractivity contribution in [2.45, 2.75) is 25.4 Å². The molecular formula is C13H19N5O2. The number of amides is 1. The van der Waals surface area contributed by atoms with Crippen LogP contribution in [-0.2, 0) is 4.74 Å². The van der Waals surface area contributed by atoms with E-state index in [1.165, 1.54) is 0 Å². The number of aryl methyl sites for hydroxylation is 1. The third-order valence-corrected chi connectivity index (χ3v) is 3.96. The van der Waals surface area contributed by atoms with Gasteiger partial charge in [0.05, 0.1) is 13.1 Å². The summed E-state index contributed by atoms with van der Waals surface area (Å²) < 4.78 is 5.57. The average molecular weight is 277 g/mol. The van der Waals surface area contributed by atoms with Crippen molar-refractivity contribution in [3.05, 3.63) is 11.8 Å². The molecule has 3 heterocycles. The third-order valence-electron chi connectivity index (χ3n) is 3.96. The van der Waals surface area contributed by atoms with Crippen LogP contribution in [0.3, 0.4) is 0 Å². The number of carbonyl (C=O) groups is 1. The van der Waals surface area contributed by atoms with Crippen molar-refractivity contribution in [3.8, 4) is 0 Å². The van der Waals surface area contributed by atoms with E-state index in [1.807, 2.05) is 11.8 Å². The third kappa shape index (κ3) is 2.13. The number of hydrogen-bond acceptors (Lipinski definition) is 6. The first kappa shape index (κ1) is 13.0. The van der Waals surface area contributed by atoms with E-state index < -0.39 is 5.60 Å². The van der Waals surface area contributed by atoms with Crippen molar-refractivity contribution in [1.82, 2.24) is 14.9 Å². The lowest BCUT2D eigenvalue weighted by Gasteiger charge is -2.38. The minimum absolute atomic E-state index is 0.254. The predicted molar refractivity (Wildman–Crippen MR) is 74.5 cm³/mol. The smallest absolute Gasteiger partial charge is 0.410 e. The van der Waals surface area contributed by atoms with Crippen molar-refractivity contribution < 1.29 is 9.53 Å². The molecule has 0 saturated carbocycles. The van der Waals surface area contributed by atoms with Gasteiger partial charge in [-0.3, -0.25) is 0 Å². The number of likely N-dealkylation sites (N-methyl/N-ethyl adjacent to an activating group) is 1. The van der Waals surface area contributed by atoms with Crippen LogP contribution in [0.1, 0.15) is 18.4 Å². The summed E-state index contributed by atoms with van der Waals surface area (Å²) in [6.07, 6.45) is 3.29. The highest BCUT2D eigenvalue weighted by Crippen LogP contribution is 2.32. The van der Waals surface area contributed by atoms with Crippen LogP contribution in [0, 0.1) is 6.92 Å². The van der Waals surface area contributed by atoms with Crippen molar-refractivity contribution in [1.29, 1.82) is 0 Å². The summed E-state index contributed by atoms with van der Waals surface area (Å²) >= 11 is 0. The predicted octanol–water partition coefficient (Wildman–Crippen LogP) is 0.788. The first-order chi connectivity index (χ1) is 9.49. The van der Waals surface area contributed by atoms with Crippen LogP contribution in [0.25, 0.3) is 0 Å². The Labute approximate surface area is 117 Å². The average Bonchev–Trinajstić information content (AvgIpc) is 2.67. The van der Waals surface area contributed by atoms with Crippen molar-refractivity contribution in [3.63, 3.8) is 0 Å². The SMILES string of the molecule is Cc1cnc(N2CCCC3(CN(C)C(=O)O3)C2)nc1N. The number of aromatic nitrogens is 2. The van der Waals surface area contributed by atoms with Gasteiger partial charge in [0.2, 0.25) is 5.95 Å². The number of piperidine rings is 1. The molecule has 0 aliphatic carbocycles. The zero-order valence-corrected chi connectivity index (χ0v) is 11.8. The van der Waals surface area contributed by atoms with Gasteiger partial charge in [0.25, 0.3) is 0 Å². The maximum absolute atomic E-state index is 11.6. The summed E-state index contributed by atoms with van der Waals surface area (Å²) in [5.74, 6) is 1.10. The number of ether oxygens (including phenoxy) is 1. The second-order valence-electron chi connectivity index (χ2n) is 5.67. The van der Waals surface area contributed by atoms with Crippen molar-refractivity contribution in [2.24, 2.45) is 0 Å². The topological polar surface area (TPSA) is 84.6 Å². The lowest BCUT2D eigenvalue weighted by atomic mass is 9.93. The number of nitrogens with two attached hydrogens (primary N) is 1. The Kier molecular flexibility index (Phi) is 2.92. The molecule has 20 heavy (non-hydrogen) atoms. The normalized spacial score (nSPS) is 26.2. The summed E-state index contributed by atoms with van der Waals surface area (Å²) in [5.41, 5.74) is 6.28. The van der Waals surface area contributed by atoms with Crippen molar-refractivity contribution in [2.75, 3.05) is 37.3 Å². The second kappa shape index (κ2) is 4.50. The fourth-order valence-electron chi connectivity index (χ4n) is 2.87. The van der Waals surface area contributed by atoms with Gasteiger partial charge >= 0.3 is 6.09 Å². The number of hydrogen-bond donors (Lipinski definition) is 1. The molecule has 3 rings (SSSR count). The van der Waals surface area contributed by atoms with E-state index >= 15 is 0 Å². The van der Waals surface area contributed by atoms with Crippen LogP contribution >= 0.6 is 0 Å². The molecular weight excluding hydrogens is 258 g/mol. The lowest BCUT2D eigenvalue weighted by molar-refractivity contribution is 0.0443. The van der Waals surface area contributed by atoms with E-state index in [0.717, 1.165) is 24.9 Å².